The van der Waals surface area contributed by atoms with Crippen molar-refractivity contribution in [2.75, 3.05) is 0 Å². The van der Waals surface area contributed by atoms with Crippen LogP contribution in [0.15, 0.2) is 27.1 Å². The van der Waals surface area contributed by atoms with Gasteiger partial charge in [-0.25, -0.2) is 4.79 Å². The Hall–Kier alpha value is -1.41. The van der Waals surface area contributed by atoms with Crippen molar-refractivity contribution in [3.63, 3.8) is 0 Å². The van der Waals surface area contributed by atoms with E-state index in [1.54, 1.807) is 18.2 Å². The quantitative estimate of drug-likeness (QED) is 0.665. The van der Waals surface area contributed by atoms with Gasteiger partial charge in [-0.1, -0.05) is 31.9 Å². The van der Waals surface area contributed by atoms with Gasteiger partial charge in [0.1, 0.15) is 6.04 Å². The zero-order valence-corrected chi connectivity index (χ0v) is 13.4. The molecule has 8 heteroatoms. The van der Waals surface area contributed by atoms with Crippen molar-refractivity contribution < 1.29 is 19.5 Å². The predicted octanol–water partition coefficient (Wildman–Crippen LogP) is 1.66. The molecule has 1 aromatic rings. The number of aliphatic carboxylic acids is 1. The first-order valence-corrected chi connectivity index (χ1v) is 7.16. The lowest BCUT2D eigenvalue weighted by atomic mass is 10.1. The van der Waals surface area contributed by atoms with Gasteiger partial charge in [0, 0.05) is 20.9 Å². The molecule has 0 saturated heterocycles. The summed E-state index contributed by atoms with van der Waals surface area (Å²) in [6, 6.07) is 3.71. The molecule has 0 fully saturated rings. The highest BCUT2D eigenvalue weighted by Crippen LogP contribution is 2.20. The van der Waals surface area contributed by atoms with Gasteiger partial charge < -0.3 is 16.2 Å². The molecule has 0 aliphatic heterocycles. The summed E-state index contributed by atoms with van der Waals surface area (Å²) in [4.78, 5) is 33.7. The Bertz CT molecular complexity index is 528. The molecule has 1 aromatic carbocycles. The largest absolute Gasteiger partial charge is 0.480 e. The molecule has 6 nitrogen and oxygen atoms in total. The highest BCUT2D eigenvalue weighted by molar-refractivity contribution is 9.11. The summed E-state index contributed by atoms with van der Waals surface area (Å²) >= 11 is 6.48. The number of nitrogens with two attached hydrogens (primary N) is 1. The van der Waals surface area contributed by atoms with Crippen molar-refractivity contribution in [1.29, 1.82) is 0 Å². The molecular formula is C12H12Br2N2O4. The number of hydrogen-bond acceptors (Lipinski definition) is 3. The second-order valence-electron chi connectivity index (χ2n) is 4.03. The van der Waals surface area contributed by atoms with E-state index < -0.39 is 23.8 Å². The molecule has 0 saturated carbocycles. The van der Waals surface area contributed by atoms with E-state index in [9.17, 15) is 14.4 Å². The minimum absolute atomic E-state index is 0.0500. The van der Waals surface area contributed by atoms with Crippen molar-refractivity contribution in [1.82, 2.24) is 5.32 Å². The van der Waals surface area contributed by atoms with Crippen molar-refractivity contribution in [2.45, 2.75) is 18.9 Å². The van der Waals surface area contributed by atoms with E-state index in [-0.39, 0.29) is 12.8 Å². The molecule has 0 radical (unpaired) electrons. The molecule has 0 aliphatic rings. The lowest BCUT2D eigenvalue weighted by Crippen LogP contribution is -2.41. The maximum absolute atomic E-state index is 12.0. The molecule has 4 N–H and O–H groups in total. The minimum atomic E-state index is -1.21. The van der Waals surface area contributed by atoms with E-state index in [1.165, 1.54) is 0 Å². The van der Waals surface area contributed by atoms with E-state index in [4.69, 9.17) is 10.8 Å². The number of hydrogen-bond donors (Lipinski definition) is 3. The Labute approximate surface area is 132 Å². The predicted molar refractivity (Wildman–Crippen MR) is 79.2 cm³/mol. The smallest absolute Gasteiger partial charge is 0.326 e. The topological polar surface area (TPSA) is 109 Å². The number of carbonyl (C=O) groups excluding carboxylic acids is 2. The first-order chi connectivity index (χ1) is 9.29. The third-order valence-corrected chi connectivity index (χ3v) is 3.32. The molecule has 0 spiro atoms. The number of benzene rings is 1. The molecule has 1 atom stereocenters. The molecule has 0 unspecified atom stereocenters. The molecule has 108 valence electrons. The summed E-state index contributed by atoms with van der Waals surface area (Å²) < 4.78 is 1.36. The van der Waals surface area contributed by atoms with Crippen LogP contribution < -0.4 is 11.1 Å². The third-order valence-electron chi connectivity index (χ3n) is 2.41. The normalized spacial score (nSPS) is 11.7. The highest BCUT2D eigenvalue weighted by Gasteiger charge is 2.21. The number of nitrogens with one attached hydrogen (secondary N) is 1. The van der Waals surface area contributed by atoms with E-state index >= 15 is 0 Å². The lowest BCUT2D eigenvalue weighted by Gasteiger charge is -2.14. The first-order valence-electron chi connectivity index (χ1n) is 5.57. The lowest BCUT2D eigenvalue weighted by molar-refractivity contribution is -0.139. The average Bonchev–Trinajstić information content (AvgIpc) is 2.32. The fourth-order valence-corrected chi connectivity index (χ4v) is 2.76. The zero-order chi connectivity index (χ0) is 15.3. The van der Waals surface area contributed by atoms with Crippen LogP contribution in [0.2, 0.25) is 0 Å². The number of rotatable bonds is 6. The van der Waals surface area contributed by atoms with Crippen LogP contribution in [0.3, 0.4) is 0 Å². The number of amides is 2. The van der Waals surface area contributed by atoms with Crippen LogP contribution >= 0.6 is 31.9 Å². The summed E-state index contributed by atoms with van der Waals surface area (Å²) in [5.41, 5.74) is 5.27. The van der Waals surface area contributed by atoms with E-state index in [0.717, 1.165) is 0 Å². The van der Waals surface area contributed by atoms with Gasteiger partial charge in [-0.3, -0.25) is 9.59 Å². The van der Waals surface area contributed by atoms with Crippen LogP contribution in [-0.4, -0.2) is 28.9 Å². The summed E-state index contributed by atoms with van der Waals surface area (Å²) in [6.07, 6.45) is -0.162. The Morgan fingerprint density at radius 1 is 1.20 bits per heavy atom. The van der Waals surface area contributed by atoms with Crippen LogP contribution in [0.5, 0.6) is 0 Å². The highest BCUT2D eigenvalue weighted by atomic mass is 79.9. The van der Waals surface area contributed by atoms with Gasteiger partial charge in [-0.05, 0) is 24.6 Å². The van der Waals surface area contributed by atoms with E-state index in [1.807, 2.05) is 0 Å². The Morgan fingerprint density at radius 3 is 2.20 bits per heavy atom. The van der Waals surface area contributed by atoms with Gasteiger partial charge in [-0.15, -0.1) is 0 Å². The monoisotopic (exact) mass is 406 g/mol. The Balaban J connectivity index is 2.79. The van der Waals surface area contributed by atoms with Crippen molar-refractivity contribution in [2.24, 2.45) is 5.73 Å². The Kier molecular flexibility index (Phi) is 6.15. The number of carbonyl (C=O) groups is 3. The zero-order valence-electron chi connectivity index (χ0n) is 10.2. The summed E-state index contributed by atoms with van der Waals surface area (Å²) in [5.74, 6) is -2.37. The maximum atomic E-state index is 12.0. The molecule has 0 heterocycles. The number of carboxylic acids is 1. The molecule has 2 amide bonds. The van der Waals surface area contributed by atoms with Gasteiger partial charge >= 0.3 is 5.97 Å². The van der Waals surface area contributed by atoms with Crippen LogP contribution in [0.25, 0.3) is 0 Å². The summed E-state index contributed by atoms with van der Waals surface area (Å²) in [6.45, 7) is 0. The van der Waals surface area contributed by atoms with Crippen LogP contribution in [0, 0.1) is 0 Å². The fourth-order valence-electron chi connectivity index (χ4n) is 1.47. The average molecular weight is 408 g/mol. The standard InChI is InChI=1S/C12H12Br2N2O4/c13-7-3-6(4-8(14)5-7)11(18)16-9(12(19)20)1-2-10(15)17/h3-5,9H,1-2H2,(H2,15,17)(H,16,18)(H,19,20)/t9-/m1/s1. The summed E-state index contributed by atoms with van der Waals surface area (Å²) in [5, 5.41) is 11.4. The second-order valence-corrected chi connectivity index (χ2v) is 5.86. The summed E-state index contributed by atoms with van der Waals surface area (Å²) in [7, 11) is 0. The molecule has 0 aromatic heterocycles. The molecule has 20 heavy (non-hydrogen) atoms. The maximum Gasteiger partial charge on any atom is 0.326 e. The Morgan fingerprint density at radius 2 is 1.75 bits per heavy atom. The van der Waals surface area contributed by atoms with Crippen molar-refractivity contribution in [3.8, 4) is 0 Å². The number of halogens is 2. The number of primary amides is 1. The minimum Gasteiger partial charge on any atom is -0.480 e. The van der Waals surface area contributed by atoms with Crippen molar-refractivity contribution in [3.05, 3.63) is 32.7 Å². The first kappa shape index (κ1) is 16.6. The van der Waals surface area contributed by atoms with E-state index in [2.05, 4.69) is 37.2 Å². The van der Waals surface area contributed by atoms with Gasteiger partial charge in [0.25, 0.3) is 5.91 Å². The van der Waals surface area contributed by atoms with Crippen LogP contribution in [0.4, 0.5) is 0 Å². The molecule has 1 rings (SSSR count). The molecular weight excluding hydrogens is 396 g/mol. The van der Waals surface area contributed by atoms with Crippen LogP contribution in [0.1, 0.15) is 23.2 Å². The number of carboxylic acid groups (broad SMARTS) is 1. The van der Waals surface area contributed by atoms with E-state index in [0.29, 0.717) is 14.5 Å². The van der Waals surface area contributed by atoms with Gasteiger partial charge in [0.2, 0.25) is 5.91 Å². The molecule has 0 aliphatic carbocycles. The molecule has 0 bridgehead atoms. The van der Waals surface area contributed by atoms with Crippen LogP contribution in [-0.2, 0) is 9.59 Å². The van der Waals surface area contributed by atoms with Crippen molar-refractivity contribution >= 4 is 49.6 Å². The van der Waals surface area contributed by atoms with Gasteiger partial charge in [0.15, 0.2) is 0 Å². The second kappa shape index (κ2) is 7.39. The SMILES string of the molecule is NC(=O)CC[C@@H](NC(=O)c1cc(Br)cc(Br)c1)C(=O)O. The third kappa shape index (κ3) is 5.30. The van der Waals surface area contributed by atoms with Gasteiger partial charge in [0.05, 0.1) is 0 Å². The fraction of sp³-hybridized carbons (Fsp3) is 0.250. The van der Waals surface area contributed by atoms with Gasteiger partial charge in [-0.2, -0.15) is 0 Å².